The van der Waals surface area contributed by atoms with E-state index in [9.17, 15) is 28.7 Å². The van der Waals surface area contributed by atoms with E-state index in [-0.39, 0.29) is 42.5 Å². The molecule has 0 spiro atoms. The van der Waals surface area contributed by atoms with Crippen LogP contribution < -0.4 is 5.73 Å². The fraction of sp³-hybridized carbons (Fsp3) is 0.323. The van der Waals surface area contributed by atoms with Gasteiger partial charge >= 0.3 is 6.03 Å². The minimum atomic E-state index is -4.35. The van der Waals surface area contributed by atoms with Gasteiger partial charge in [0, 0.05) is 24.2 Å². The quantitative estimate of drug-likeness (QED) is 0.109. The van der Waals surface area contributed by atoms with Crippen LogP contribution in [0.25, 0.3) is 0 Å². The molecule has 1 saturated heterocycles. The Hall–Kier alpha value is -4.46. The van der Waals surface area contributed by atoms with Gasteiger partial charge in [-0.05, 0) is 49.1 Å². The fourth-order valence-corrected chi connectivity index (χ4v) is 6.68. The summed E-state index contributed by atoms with van der Waals surface area (Å²) in [5.74, 6) is -0.0968. The van der Waals surface area contributed by atoms with Gasteiger partial charge in [-0.2, -0.15) is 0 Å². The molecule has 4 rings (SSSR count). The molecule has 12 nitrogen and oxygen atoms in total. The molecule has 5 N–H and O–H groups in total. The highest BCUT2D eigenvalue weighted by Gasteiger charge is 2.44. The number of aliphatic hydroxyl groups is 1. The Balaban J connectivity index is 1.82. The third-order valence-corrected chi connectivity index (χ3v) is 9.35. The van der Waals surface area contributed by atoms with Crippen LogP contribution in [0.2, 0.25) is 0 Å². The number of hydrogen-bond donors (Lipinski definition) is 4. The zero-order valence-corrected chi connectivity index (χ0v) is 25.5. The summed E-state index contributed by atoms with van der Waals surface area (Å²) in [6.07, 6.45) is 0.208. The highest BCUT2D eigenvalue weighted by molar-refractivity contribution is 7.89. The number of nitrogens with zero attached hydrogens (tertiary/aromatic N) is 5. The molecule has 3 aromatic rings. The maximum atomic E-state index is 14.5. The predicted molar refractivity (Wildman–Crippen MR) is 166 cm³/mol. The van der Waals surface area contributed by atoms with E-state index in [0.29, 0.717) is 29.5 Å². The average molecular weight is 623 g/mol. The molecule has 0 aromatic heterocycles. The molecule has 0 unspecified atom stereocenters. The number of aliphatic hydroxyl groups excluding tert-OH is 1. The number of amidine groups is 1. The predicted octanol–water partition coefficient (Wildman–Crippen LogP) is 3.60. The Morgan fingerprint density at radius 1 is 0.955 bits per heavy atom. The van der Waals surface area contributed by atoms with Crippen LogP contribution in [-0.2, 0) is 23.0 Å². The molecule has 13 heteroatoms. The number of rotatable bonds is 11. The number of β-amino-alcohol motifs (C(OH)–C–C–N with tert-alkyl or cyclic N) is 1. The molecule has 0 radical (unpaired) electrons. The van der Waals surface area contributed by atoms with Gasteiger partial charge in [0.25, 0.3) is 10.0 Å². The molecule has 2 amide bonds. The summed E-state index contributed by atoms with van der Waals surface area (Å²) in [7, 11) is -4.35. The van der Waals surface area contributed by atoms with Crippen LogP contribution in [-0.4, -0.2) is 81.1 Å². The summed E-state index contributed by atoms with van der Waals surface area (Å²) in [5, 5.41) is 37.6. The van der Waals surface area contributed by atoms with E-state index in [1.54, 1.807) is 37.3 Å². The first kappa shape index (κ1) is 32.5. The number of oxime groups is 2. The summed E-state index contributed by atoms with van der Waals surface area (Å²) in [5.41, 5.74) is 8.38. The lowest BCUT2D eigenvalue weighted by Gasteiger charge is -2.35. The zero-order valence-electron chi connectivity index (χ0n) is 24.7. The number of benzene rings is 3. The van der Waals surface area contributed by atoms with E-state index >= 15 is 0 Å². The smallest absolute Gasteiger partial charge is 0.336 e. The monoisotopic (exact) mass is 622 g/mol. The van der Waals surface area contributed by atoms with Gasteiger partial charge in [-0.1, -0.05) is 84.3 Å². The van der Waals surface area contributed by atoms with Crippen molar-refractivity contribution < 1.29 is 28.7 Å². The van der Waals surface area contributed by atoms with Crippen LogP contribution in [0.3, 0.4) is 0 Å². The number of carbonyl (C=O) groups is 1. The van der Waals surface area contributed by atoms with Gasteiger partial charge in [0.15, 0.2) is 5.84 Å². The molecule has 0 bridgehead atoms. The van der Waals surface area contributed by atoms with Crippen molar-refractivity contribution in [2.45, 2.75) is 56.7 Å². The molecule has 2 atom stereocenters. The minimum absolute atomic E-state index is 0.0259. The van der Waals surface area contributed by atoms with E-state index in [1.165, 1.54) is 28.1 Å². The van der Waals surface area contributed by atoms with Gasteiger partial charge in [-0.3, -0.25) is 0 Å². The summed E-state index contributed by atoms with van der Waals surface area (Å²) >= 11 is 0. The molecule has 1 aliphatic heterocycles. The summed E-state index contributed by atoms with van der Waals surface area (Å²) < 4.78 is 29.4. The molecule has 234 valence electrons. The van der Waals surface area contributed by atoms with Crippen molar-refractivity contribution in [3.8, 4) is 0 Å². The van der Waals surface area contributed by atoms with Gasteiger partial charge in [0.05, 0.1) is 29.3 Å². The van der Waals surface area contributed by atoms with E-state index < -0.39 is 28.2 Å². The van der Waals surface area contributed by atoms with Crippen molar-refractivity contribution in [2.75, 3.05) is 13.1 Å². The van der Waals surface area contributed by atoms with Crippen molar-refractivity contribution >= 4 is 27.6 Å². The van der Waals surface area contributed by atoms with Crippen molar-refractivity contribution in [3.05, 3.63) is 101 Å². The van der Waals surface area contributed by atoms with E-state index in [4.69, 9.17) is 5.73 Å². The molecule has 3 aromatic carbocycles. The number of urea groups is 1. The topological polar surface area (TPSA) is 172 Å². The number of hydrazine groups is 1. The van der Waals surface area contributed by atoms with Gasteiger partial charge < -0.3 is 26.2 Å². The van der Waals surface area contributed by atoms with E-state index in [0.717, 1.165) is 9.98 Å². The van der Waals surface area contributed by atoms with Crippen LogP contribution in [0.1, 0.15) is 48.9 Å². The van der Waals surface area contributed by atoms with E-state index in [1.807, 2.05) is 37.3 Å². The van der Waals surface area contributed by atoms with Crippen LogP contribution in [0.15, 0.2) is 94.1 Å². The van der Waals surface area contributed by atoms with Crippen molar-refractivity contribution in [1.82, 2.24) is 14.3 Å². The number of hydrogen-bond acceptors (Lipinski definition) is 8. The first-order valence-electron chi connectivity index (χ1n) is 14.3. The first-order valence-corrected chi connectivity index (χ1v) is 15.7. The van der Waals surface area contributed by atoms with Crippen LogP contribution in [0, 0.1) is 0 Å². The number of sulfonamides is 1. The number of unbranched alkanes of at least 4 members (excludes halogenated alkanes) is 1. The van der Waals surface area contributed by atoms with Crippen LogP contribution in [0.4, 0.5) is 4.79 Å². The van der Waals surface area contributed by atoms with Crippen molar-refractivity contribution in [2.24, 2.45) is 16.0 Å². The summed E-state index contributed by atoms with van der Waals surface area (Å²) in [4.78, 5) is 15.9. The molecular weight excluding hydrogens is 584 g/mol. The Kier molecular flexibility index (Phi) is 10.6. The van der Waals surface area contributed by atoms with Crippen LogP contribution in [0.5, 0.6) is 0 Å². The van der Waals surface area contributed by atoms with Crippen LogP contribution >= 0.6 is 0 Å². The molecule has 0 saturated carbocycles. The van der Waals surface area contributed by atoms with Gasteiger partial charge in [0.2, 0.25) is 0 Å². The number of carbonyl (C=O) groups excluding carboxylic acids is 1. The summed E-state index contributed by atoms with van der Waals surface area (Å²) in [6.45, 7) is 3.23. The number of amides is 2. The second kappa shape index (κ2) is 14.3. The molecule has 44 heavy (non-hydrogen) atoms. The molecule has 1 heterocycles. The van der Waals surface area contributed by atoms with Crippen molar-refractivity contribution in [3.63, 3.8) is 0 Å². The maximum absolute atomic E-state index is 14.5. The highest BCUT2D eigenvalue weighted by atomic mass is 32.2. The molecular formula is C31H38N6O6S. The second-order valence-electron chi connectivity index (χ2n) is 10.6. The normalized spacial score (nSPS) is 18.8. The second-order valence-corrected chi connectivity index (χ2v) is 12.5. The van der Waals surface area contributed by atoms with Gasteiger partial charge in [-0.15, -0.1) is 4.41 Å². The Labute approximate surface area is 257 Å². The maximum Gasteiger partial charge on any atom is 0.336 e. The molecule has 1 fully saturated rings. The fourth-order valence-electron chi connectivity index (χ4n) is 5.15. The van der Waals surface area contributed by atoms with Crippen molar-refractivity contribution in [1.29, 1.82) is 0 Å². The van der Waals surface area contributed by atoms with E-state index in [2.05, 4.69) is 10.3 Å². The average Bonchev–Trinajstić information content (AvgIpc) is 3.14. The molecule has 1 aliphatic rings. The number of nitrogens with two attached hydrogens (primary N) is 1. The summed E-state index contributed by atoms with van der Waals surface area (Å²) in [6, 6.07) is 20.7. The Bertz CT molecular complexity index is 1610. The zero-order chi connectivity index (χ0) is 31.9. The first-order chi connectivity index (χ1) is 21.1. The lowest BCUT2D eigenvalue weighted by atomic mass is 9.99. The largest absolute Gasteiger partial charge is 0.411 e. The minimum Gasteiger partial charge on any atom is -0.411 e. The molecule has 0 aliphatic carbocycles. The standard InChI is InChI=1S/C31H38N6O6S/c1-3-4-16-36-31(39)35(20-24-12-8-14-26(17-24)30(32)34-41)28(18-23-10-6-5-7-11-23)29(38)21-37(36)44(42,43)27-15-9-13-25(19-27)22(2)33-40/h5-15,17,19,28-29,38,40-41H,3-4,16,18,20-21H2,1-2H3,(H2,32,34)/b33-22-/t28-,29-/m1/s1. The Morgan fingerprint density at radius 3 is 2.32 bits per heavy atom. The third kappa shape index (κ3) is 7.18. The van der Waals surface area contributed by atoms with Gasteiger partial charge in [0.1, 0.15) is 0 Å². The lowest BCUT2D eigenvalue weighted by molar-refractivity contribution is 0.0578. The SMILES string of the molecule is CCCCN1C(=O)N(Cc2cccc(/C(N)=N\O)c2)[C@H](Cc2ccccc2)[C@H](O)CN1S(=O)(=O)c1cccc(/C(C)=N\O)c1. The van der Waals surface area contributed by atoms with Gasteiger partial charge in [-0.25, -0.2) is 18.2 Å². The lowest BCUT2D eigenvalue weighted by Crippen LogP contribution is -2.53. The Morgan fingerprint density at radius 2 is 1.64 bits per heavy atom. The third-order valence-electron chi connectivity index (χ3n) is 7.60. The highest BCUT2D eigenvalue weighted by Crippen LogP contribution is 2.28.